The highest BCUT2D eigenvalue weighted by atomic mass is 19.2. The summed E-state index contributed by atoms with van der Waals surface area (Å²) in [6, 6.07) is 6.89. The van der Waals surface area contributed by atoms with Gasteiger partial charge in [-0.1, -0.05) is 18.2 Å². The van der Waals surface area contributed by atoms with Gasteiger partial charge in [-0.3, -0.25) is 9.59 Å². The molecule has 0 aliphatic carbocycles. The third-order valence-electron chi connectivity index (χ3n) is 3.96. The van der Waals surface area contributed by atoms with E-state index in [4.69, 9.17) is 5.11 Å². The molecule has 1 atom stereocenters. The number of hydrogen-bond donors (Lipinski definition) is 2. The van der Waals surface area contributed by atoms with Crippen LogP contribution < -0.4 is 5.32 Å². The smallest absolute Gasteiger partial charge is 0.305 e. The molecule has 0 spiro atoms. The van der Waals surface area contributed by atoms with Crippen molar-refractivity contribution in [3.63, 3.8) is 0 Å². The van der Waals surface area contributed by atoms with E-state index in [2.05, 4.69) is 5.32 Å². The fourth-order valence-electron chi connectivity index (χ4n) is 2.94. The average molecular weight is 347 g/mol. The SMILES string of the molecule is CC(=O)N[C@@H](CC(=O)O)c1cc(-c2c(C)cccc2C)cc(F)c1F. The molecule has 0 aliphatic heterocycles. The number of hydrogen-bond acceptors (Lipinski definition) is 2. The van der Waals surface area contributed by atoms with E-state index in [0.717, 1.165) is 22.8 Å². The van der Waals surface area contributed by atoms with Crippen molar-refractivity contribution in [2.45, 2.75) is 33.2 Å². The first kappa shape index (κ1) is 18.6. The Bertz CT molecular complexity index is 797. The van der Waals surface area contributed by atoms with Crippen LogP contribution >= 0.6 is 0 Å². The first-order chi connectivity index (χ1) is 11.7. The molecule has 6 heteroatoms. The molecular formula is C19H19F2NO3. The lowest BCUT2D eigenvalue weighted by molar-refractivity contribution is -0.137. The zero-order chi connectivity index (χ0) is 18.7. The predicted octanol–water partition coefficient (Wildman–Crippen LogP) is 3.90. The summed E-state index contributed by atoms with van der Waals surface area (Å²) in [4.78, 5) is 22.4. The van der Waals surface area contributed by atoms with Crippen LogP contribution in [0.15, 0.2) is 30.3 Å². The van der Waals surface area contributed by atoms with E-state index in [1.165, 1.54) is 13.0 Å². The average Bonchev–Trinajstić information content (AvgIpc) is 2.48. The lowest BCUT2D eigenvalue weighted by Gasteiger charge is -2.19. The summed E-state index contributed by atoms with van der Waals surface area (Å²) >= 11 is 0. The molecule has 0 unspecified atom stereocenters. The van der Waals surface area contributed by atoms with Crippen LogP contribution in [0.5, 0.6) is 0 Å². The van der Waals surface area contributed by atoms with Crippen molar-refractivity contribution in [1.82, 2.24) is 5.32 Å². The molecule has 0 bridgehead atoms. The van der Waals surface area contributed by atoms with Crippen molar-refractivity contribution in [1.29, 1.82) is 0 Å². The normalized spacial score (nSPS) is 11.9. The lowest BCUT2D eigenvalue weighted by atomic mass is 9.92. The number of carboxylic acid groups (broad SMARTS) is 1. The molecule has 2 aromatic carbocycles. The van der Waals surface area contributed by atoms with Crippen molar-refractivity contribution in [3.05, 3.63) is 58.7 Å². The monoisotopic (exact) mass is 347 g/mol. The number of rotatable bonds is 5. The molecular weight excluding hydrogens is 328 g/mol. The molecule has 2 rings (SSSR count). The molecule has 2 aromatic rings. The van der Waals surface area contributed by atoms with Crippen molar-refractivity contribution in [2.24, 2.45) is 0 Å². The number of carboxylic acids is 1. The molecule has 1 amide bonds. The summed E-state index contributed by atoms with van der Waals surface area (Å²) in [5.41, 5.74) is 2.76. The highest BCUT2D eigenvalue weighted by molar-refractivity contribution is 5.76. The summed E-state index contributed by atoms with van der Waals surface area (Å²) in [6.45, 7) is 4.90. The molecule has 0 radical (unpaired) electrons. The van der Waals surface area contributed by atoms with Crippen LogP contribution in [0.3, 0.4) is 0 Å². The minimum absolute atomic E-state index is 0.185. The molecule has 0 saturated heterocycles. The zero-order valence-corrected chi connectivity index (χ0v) is 14.2. The maximum atomic E-state index is 14.3. The van der Waals surface area contributed by atoms with Crippen LogP contribution in [0.1, 0.15) is 36.1 Å². The molecule has 0 aromatic heterocycles. The van der Waals surface area contributed by atoms with Gasteiger partial charge in [0.05, 0.1) is 12.5 Å². The Morgan fingerprint density at radius 2 is 1.76 bits per heavy atom. The number of aryl methyl sites for hydroxylation is 2. The van der Waals surface area contributed by atoms with Crippen molar-refractivity contribution < 1.29 is 23.5 Å². The van der Waals surface area contributed by atoms with Gasteiger partial charge >= 0.3 is 5.97 Å². The highest BCUT2D eigenvalue weighted by Crippen LogP contribution is 2.32. The minimum Gasteiger partial charge on any atom is -0.481 e. The summed E-state index contributed by atoms with van der Waals surface area (Å²) in [5.74, 6) is -3.99. The zero-order valence-electron chi connectivity index (χ0n) is 14.2. The number of aliphatic carboxylic acids is 1. The van der Waals surface area contributed by atoms with Crippen molar-refractivity contribution in [3.8, 4) is 11.1 Å². The predicted molar refractivity (Wildman–Crippen MR) is 90.1 cm³/mol. The molecule has 0 aliphatic rings. The van der Waals surface area contributed by atoms with Gasteiger partial charge in [0.15, 0.2) is 11.6 Å². The van der Waals surface area contributed by atoms with Gasteiger partial charge in [-0.25, -0.2) is 8.78 Å². The van der Waals surface area contributed by atoms with E-state index in [0.29, 0.717) is 5.56 Å². The van der Waals surface area contributed by atoms with E-state index in [9.17, 15) is 18.4 Å². The Morgan fingerprint density at radius 3 is 2.28 bits per heavy atom. The van der Waals surface area contributed by atoms with Crippen LogP contribution in [-0.4, -0.2) is 17.0 Å². The molecule has 132 valence electrons. The second kappa shape index (κ2) is 7.42. The first-order valence-corrected chi connectivity index (χ1v) is 7.75. The van der Waals surface area contributed by atoms with Crippen molar-refractivity contribution in [2.75, 3.05) is 0 Å². The summed E-state index contributed by atoms with van der Waals surface area (Å²) in [5, 5.41) is 11.4. The van der Waals surface area contributed by atoms with Gasteiger partial charge in [0, 0.05) is 12.5 Å². The largest absolute Gasteiger partial charge is 0.481 e. The molecule has 4 nitrogen and oxygen atoms in total. The number of halogens is 2. The first-order valence-electron chi connectivity index (χ1n) is 7.75. The molecule has 2 N–H and O–H groups in total. The number of nitrogens with one attached hydrogen (secondary N) is 1. The van der Waals surface area contributed by atoms with Gasteiger partial charge in [-0.05, 0) is 48.2 Å². The van der Waals surface area contributed by atoms with E-state index in [1.54, 1.807) is 0 Å². The fraction of sp³-hybridized carbons (Fsp3) is 0.263. The minimum atomic E-state index is -1.23. The second-order valence-corrected chi connectivity index (χ2v) is 5.98. The number of carbonyl (C=O) groups is 2. The van der Waals surface area contributed by atoms with Gasteiger partial charge < -0.3 is 10.4 Å². The van der Waals surface area contributed by atoms with Gasteiger partial charge in [0.25, 0.3) is 0 Å². The Labute approximate surface area is 144 Å². The van der Waals surface area contributed by atoms with Gasteiger partial charge in [-0.2, -0.15) is 0 Å². The quantitative estimate of drug-likeness (QED) is 0.862. The van der Waals surface area contributed by atoms with Crippen LogP contribution in [0.4, 0.5) is 8.78 Å². The van der Waals surface area contributed by atoms with Crippen LogP contribution in [-0.2, 0) is 9.59 Å². The Morgan fingerprint density at radius 1 is 1.16 bits per heavy atom. The fourth-order valence-corrected chi connectivity index (χ4v) is 2.94. The van der Waals surface area contributed by atoms with Crippen LogP contribution in [0.25, 0.3) is 11.1 Å². The topological polar surface area (TPSA) is 66.4 Å². The third-order valence-corrected chi connectivity index (χ3v) is 3.96. The Hall–Kier alpha value is -2.76. The molecule has 0 heterocycles. The number of carbonyl (C=O) groups excluding carboxylic acids is 1. The van der Waals surface area contributed by atoms with Crippen LogP contribution in [0.2, 0.25) is 0 Å². The highest BCUT2D eigenvalue weighted by Gasteiger charge is 2.24. The van der Waals surface area contributed by atoms with E-state index >= 15 is 0 Å². The van der Waals surface area contributed by atoms with E-state index in [-0.39, 0.29) is 5.56 Å². The van der Waals surface area contributed by atoms with E-state index in [1.807, 2.05) is 32.0 Å². The summed E-state index contributed by atoms with van der Waals surface area (Å²) < 4.78 is 28.5. The third kappa shape index (κ3) is 4.21. The Balaban J connectivity index is 2.64. The number of amides is 1. The second-order valence-electron chi connectivity index (χ2n) is 5.98. The maximum Gasteiger partial charge on any atom is 0.305 e. The van der Waals surface area contributed by atoms with Gasteiger partial charge in [0.2, 0.25) is 5.91 Å². The summed E-state index contributed by atoms with van der Waals surface area (Å²) in [6.07, 6.45) is -0.549. The Kier molecular flexibility index (Phi) is 5.51. The standard InChI is InChI=1S/C19H19F2NO3/c1-10-5-4-6-11(2)18(10)13-7-14(19(21)15(20)8-13)16(9-17(24)25)22-12(3)23/h4-8,16H,9H2,1-3H3,(H,22,23)(H,24,25)/t16-/m0/s1. The summed E-state index contributed by atoms with van der Waals surface area (Å²) in [7, 11) is 0. The van der Waals surface area contributed by atoms with Crippen molar-refractivity contribution >= 4 is 11.9 Å². The lowest BCUT2D eigenvalue weighted by Crippen LogP contribution is -2.29. The van der Waals surface area contributed by atoms with E-state index < -0.39 is 36.0 Å². The van der Waals surface area contributed by atoms with Crippen LogP contribution in [0, 0.1) is 25.5 Å². The van der Waals surface area contributed by atoms with Gasteiger partial charge in [0.1, 0.15) is 0 Å². The van der Waals surface area contributed by atoms with Gasteiger partial charge in [-0.15, -0.1) is 0 Å². The molecule has 0 fully saturated rings. The molecule has 25 heavy (non-hydrogen) atoms. The maximum absolute atomic E-state index is 14.3. The molecule has 0 saturated carbocycles. The number of benzene rings is 2.